The fourth-order valence-corrected chi connectivity index (χ4v) is 2.38. The molecule has 0 bridgehead atoms. The third-order valence-electron chi connectivity index (χ3n) is 3.42. The maximum Gasteiger partial charge on any atom is 0.161 e. The van der Waals surface area contributed by atoms with Gasteiger partial charge in [0, 0.05) is 5.56 Å². The van der Waals surface area contributed by atoms with E-state index in [-0.39, 0.29) is 5.54 Å². The lowest BCUT2D eigenvalue weighted by Gasteiger charge is -2.12. The van der Waals surface area contributed by atoms with Gasteiger partial charge in [-0.25, -0.2) is 0 Å². The molecule has 4 nitrogen and oxygen atoms in total. The molecule has 4 heteroatoms. The lowest BCUT2D eigenvalue weighted by molar-refractivity contribution is 0.354. The molecular formula is C12H14N2O2. The summed E-state index contributed by atoms with van der Waals surface area (Å²) in [7, 11) is 3.25. The molecule has 1 aromatic rings. The summed E-state index contributed by atoms with van der Waals surface area (Å²) in [5, 5.41) is 11.2. The SMILES string of the molecule is COc1cc2c(cc1OC)C1(CC1)NC2=N. The van der Waals surface area contributed by atoms with Crippen LogP contribution in [0.25, 0.3) is 0 Å². The molecule has 2 aliphatic rings. The Morgan fingerprint density at radius 1 is 1.19 bits per heavy atom. The fourth-order valence-electron chi connectivity index (χ4n) is 2.38. The minimum absolute atomic E-state index is 0.0198. The number of hydrogen-bond donors (Lipinski definition) is 2. The lowest BCUT2D eigenvalue weighted by atomic mass is 10.0. The van der Waals surface area contributed by atoms with E-state index in [4.69, 9.17) is 14.9 Å². The molecule has 0 amide bonds. The van der Waals surface area contributed by atoms with E-state index in [1.165, 1.54) is 5.56 Å². The Hall–Kier alpha value is -1.71. The highest BCUT2D eigenvalue weighted by molar-refractivity contribution is 6.03. The first kappa shape index (κ1) is 9.51. The van der Waals surface area contributed by atoms with Crippen molar-refractivity contribution in [1.29, 1.82) is 5.41 Å². The topological polar surface area (TPSA) is 54.3 Å². The summed E-state index contributed by atoms with van der Waals surface area (Å²) in [5.41, 5.74) is 2.14. The van der Waals surface area contributed by atoms with Crippen LogP contribution >= 0.6 is 0 Å². The fraction of sp³-hybridized carbons (Fsp3) is 0.417. The summed E-state index contributed by atoms with van der Waals surface area (Å²) >= 11 is 0. The number of amidine groups is 1. The molecule has 16 heavy (non-hydrogen) atoms. The van der Waals surface area contributed by atoms with Crippen molar-refractivity contribution < 1.29 is 9.47 Å². The van der Waals surface area contributed by atoms with Crippen LogP contribution < -0.4 is 14.8 Å². The van der Waals surface area contributed by atoms with Gasteiger partial charge in [-0.05, 0) is 30.5 Å². The summed E-state index contributed by atoms with van der Waals surface area (Å²) in [6.45, 7) is 0. The number of ether oxygens (including phenoxy) is 2. The average Bonchev–Trinajstić information content (AvgIpc) is 3.02. The van der Waals surface area contributed by atoms with Crippen LogP contribution in [0.1, 0.15) is 24.0 Å². The Labute approximate surface area is 94.1 Å². The Morgan fingerprint density at radius 2 is 1.81 bits per heavy atom. The molecule has 2 N–H and O–H groups in total. The Balaban J connectivity index is 2.19. The summed E-state index contributed by atoms with van der Waals surface area (Å²) in [6, 6.07) is 3.88. The zero-order valence-corrected chi connectivity index (χ0v) is 9.39. The minimum Gasteiger partial charge on any atom is -0.493 e. The zero-order chi connectivity index (χ0) is 11.3. The normalized spacial score (nSPS) is 19.2. The van der Waals surface area contributed by atoms with Crippen LogP contribution in [0.4, 0.5) is 0 Å². The molecular weight excluding hydrogens is 204 g/mol. The number of benzene rings is 1. The van der Waals surface area contributed by atoms with Gasteiger partial charge in [0.15, 0.2) is 11.5 Å². The maximum atomic E-state index is 7.92. The second kappa shape index (κ2) is 2.90. The first-order valence-corrected chi connectivity index (χ1v) is 5.34. The van der Waals surface area contributed by atoms with Crippen LogP contribution in [-0.4, -0.2) is 20.1 Å². The number of fused-ring (bicyclic) bond motifs is 2. The van der Waals surface area contributed by atoms with Crippen LogP contribution in [0.3, 0.4) is 0 Å². The molecule has 0 aromatic heterocycles. The van der Waals surface area contributed by atoms with Crippen LogP contribution in [0.5, 0.6) is 11.5 Å². The number of methoxy groups -OCH3 is 2. The highest BCUT2D eigenvalue weighted by Gasteiger charge is 2.51. The Morgan fingerprint density at radius 3 is 2.38 bits per heavy atom. The molecule has 1 aliphatic heterocycles. The molecule has 1 spiro atoms. The summed E-state index contributed by atoms with van der Waals surface area (Å²) in [4.78, 5) is 0. The molecule has 0 atom stereocenters. The number of nitrogens with one attached hydrogen (secondary N) is 2. The van der Waals surface area contributed by atoms with Crippen molar-refractivity contribution in [3.05, 3.63) is 23.3 Å². The number of hydrogen-bond acceptors (Lipinski definition) is 3. The maximum absolute atomic E-state index is 7.92. The van der Waals surface area contributed by atoms with Gasteiger partial charge in [-0.3, -0.25) is 5.41 Å². The van der Waals surface area contributed by atoms with Gasteiger partial charge in [0.05, 0.1) is 19.8 Å². The van der Waals surface area contributed by atoms with Crippen LogP contribution in [-0.2, 0) is 5.54 Å². The van der Waals surface area contributed by atoms with Gasteiger partial charge in [0.1, 0.15) is 5.84 Å². The van der Waals surface area contributed by atoms with Crippen molar-refractivity contribution in [2.75, 3.05) is 14.2 Å². The second-order valence-corrected chi connectivity index (χ2v) is 4.33. The molecule has 1 saturated carbocycles. The second-order valence-electron chi connectivity index (χ2n) is 4.33. The zero-order valence-electron chi connectivity index (χ0n) is 9.39. The van der Waals surface area contributed by atoms with Crippen molar-refractivity contribution in [1.82, 2.24) is 5.32 Å². The van der Waals surface area contributed by atoms with Crippen molar-refractivity contribution in [3.63, 3.8) is 0 Å². The lowest BCUT2D eigenvalue weighted by Crippen LogP contribution is -2.25. The molecule has 1 aliphatic carbocycles. The van der Waals surface area contributed by atoms with E-state index in [0.29, 0.717) is 11.6 Å². The quantitative estimate of drug-likeness (QED) is 0.793. The first-order valence-electron chi connectivity index (χ1n) is 5.34. The Bertz CT molecular complexity index is 478. The summed E-state index contributed by atoms with van der Waals surface area (Å²) < 4.78 is 10.5. The summed E-state index contributed by atoms with van der Waals surface area (Å²) in [5.74, 6) is 1.92. The van der Waals surface area contributed by atoms with Crippen molar-refractivity contribution in [3.8, 4) is 11.5 Å². The molecule has 1 heterocycles. The largest absolute Gasteiger partial charge is 0.493 e. The molecule has 0 saturated heterocycles. The van der Waals surface area contributed by atoms with Crippen LogP contribution in [0, 0.1) is 5.41 Å². The first-order chi connectivity index (χ1) is 7.70. The van der Waals surface area contributed by atoms with E-state index in [1.54, 1.807) is 14.2 Å². The highest BCUT2D eigenvalue weighted by Crippen LogP contribution is 2.52. The molecule has 3 rings (SSSR count). The van der Waals surface area contributed by atoms with Gasteiger partial charge in [0.25, 0.3) is 0 Å². The standard InChI is InChI=1S/C12H14N2O2/c1-15-9-5-7-8(6-10(9)16-2)12(3-4-12)14-11(7)13/h5-6H,3-4H2,1-2H3,(H2,13,14). The van der Waals surface area contributed by atoms with Gasteiger partial charge in [-0.1, -0.05) is 0 Å². The van der Waals surface area contributed by atoms with E-state index >= 15 is 0 Å². The third-order valence-corrected chi connectivity index (χ3v) is 3.42. The highest BCUT2D eigenvalue weighted by atomic mass is 16.5. The van der Waals surface area contributed by atoms with Crippen molar-refractivity contribution in [2.24, 2.45) is 0 Å². The average molecular weight is 218 g/mol. The summed E-state index contributed by atoms with van der Waals surface area (Å²) in [6.07, 6.45) is 2.19. The van der Waals surface area contributed by atoms with Crippen molar-refractivity contribution >= 4 is 5.84 Å². The van der Waals surface area contributed by atoms with Crippen molar-refractivity contribution in [2.45, 2.75) is 18.4 Å². The van der Waals surface area contributed by atoms with Crippen LogP contribution in [0.15, 0.2) is 12.1 Å². The van der Waals surface area contributed by atoms with E-state index in [0.717, 1.165) is 24.2 Å². The molecule has 0 radical (unpaired) electrons. The Kier molecular flexibility index (Phi) is 1.73. The predicted molar refractivity (Wildman–Crippen MR) is 60.4 cm³/mol. The van der Waals surface area contributed by atoms with E-state index < -0.39 is 0 Å². The molecule has 1 aromatic carbocycles. The van der Waals surface area contributed by atoms with Gasteiger partial charge in [0.2, 0.25) is 0 Å². The number of rotatable bonds is 2. The van der Waals surface area contributed by atoms with E-state index in [2.05, 4.69) is 5.32 Å². The molecule has 0 unspecified atom stereocenters. The third kappa shape index (κ3) is 1.07. The van der Waals surface area contributed by atoms with E-state index in [1.807, 2.05) is 12.1 Å². The van der Waals surface area contributed by atoms with Crippen LogP contribution in [0.2, 0.25) is 0 Å². The molecule has 1 fully saturated rings. The van der Waals surface area contributed by atoms with E-state index in [9.17, 15) is 0 Å². The smallest absolute Gasteiger partial charge is 0.161 e. The van der Waals surface area contributed by atoms with Gasteiger partial charge in [-0.2, -0.15) is 0 Å². The predicted octanol–water partition coefficient (Wildman–Crippen LogP) is 1.62. The van der Waals surface area contributed by atoms with Gasteiger partial charge in [-0.15, -0.1) is 0 Å². The van der Waals surface area contributed by atoms with Gasteiger partial charge < -0.3 is 14.8 Å². The monoisotopic (exact) mass is 218 g/mol. The minimum atomic E-state index is 0.0198. The molecule has 84 valence electrons. The van der Waals surface area contributed by atoms with Gasteiger partial charge >= 0.3 is 0 Å².